The van der Waals surface area contributed by atoms with Crippen molar-refractivity contribution in [1.29, 1.82) is 0 Å². The summed E-state index contributed by atoms with van der Waals surface area (Å²) in [5, 5.41) is 3.82. The summed E-state index contributed by atoms with van der Waals surface area (Å²) in [6.07, 6.45) is 1.26. The van der Waals surface area contributed by atoms with Crippen LogP contribution in [0.25, 0.3) is 0 Å². The molecule has 2 heteroatoms. The Labute approximate surface area is 115 Å². The van der Waals surface area contributed by atoms with E-state index in [4.69, 9.17) is 0 Å². The Morgan fingerprint density at radius 3 is 2.11 bits per heavy atom. The first-order chi connectivity index (χ1) is 8.16. The SMILES string of the molecule is CCCN1CCNC(C(C)(C)C)C(C(C)(C)C)C1. The van der Waals surface area contributed by atoms with E-state index in [1.54, 1.807) is 0 Å². The highest BCUT2D eigenvalue weighted by molar-refractivity contribution is 4.95. The van der Waals surface area contributed by atoms with Gasteiger partial charge in [0.15, 0.2) is 0 Å². The van der Waals surface area contributed by atoms with Crippen molar-refractivity contribution in [2.45, 2.75) is 60.9 Å². The molecule has 2 nitrogen and oxygen atoms in total. The molecule has 2 atom stereocenters. The Kier molecular flexibility index (Phi) is 5.25. The van der Waals surface area contributed by atoms with Crippen LogP contribution < -0.4 is 5.32 Å². The van der Waals surface area contributed by atoms with Crippen LogP contribution in [-0.2, 0) is 0 Å². The second kappa shape index (κ2) is 5.92. The van der Waals surface area contributed by atoms with Crippen LogP contribution >= 0.6 is 0 Å². The first-order valence-electron chi connectivity index (χ1n) is 7.62. The first-order valence-corrected chi connectivity index (χ1v) is 7.62. The van der Waals surface area contributed by atoms with Gasteiger partial charge >= 0.3 is 0 Å². The molecule has 1 rings (SSSR count). The van der Waals surface area contributed by atoms with E-state index < -0.39 is 0 Å². The zero-order valence-corrected chi connectivity index (χ0v) is 13.6. The molecule has 1 aliphatic rings. The lowest BCUT2D eigenvalue weighted by molar-refractivity contribution is 0.0884. The van der Waals surface area contributed by atoms with Crippen molar-refractivity contribution in [1.82, 2.24) is 10.2 Å². The van der Waals surface area contributed by atoms with Gasteiger partial charge in [-0.25, -0.2) is 0 Å². The third-order valence-electron chi connectivity index (χ3n) is 4.23. The summed E-state index contributed by atoms with van der Waals surface area (Å²) in [5.41, 5.74) is 0.696. The molecule has 108 valence electrons. The molecule has 18 heavy (non-hydrogen) atoms. The summed E-state index contributed by atoms with van der Waals surface area (Å²) in [6, 6.07) is 0.611. The zero-order chi connectivity index (χ0) is 14.0. The molecule has 0 bridgehead atoms. The second-order valence-electron chi connectivity index (χ2n) is 8.07. The molecule has 0 spiro atoms. The van der Waals surface area contributed by atoms with E-state index in [1.807, 2.05) is 0 Å². The Bertz CT molecular complexity index is 247. The van der Waals surface area contributed by atoms with Gasteiger partial charge in [-0.15, -0.1) is 0 Å². The fourth-order valence-corrected chi connectivity index (χ4v) is 3.20. The van der Waals surface area contributed by atoms with Crippen molar-refractivity contribution in [3.05, 3.63) is 0 Å². The quantitative estimate of drug-likeness (QED) is 0.813. The first kappa shape index (κ1) is 16.0. The van der Waals surface area contributed by atoms with Crippen LogP contribution in [0.4, 0.5) is 0 Å². The molecule has 1 heterocycles. The van der Waals surface area contributed by atoms with Crippen molar-refractivity contribution < 1.29 is 0 Å². The summed E-state index contributed by atoms with van der Waals surface area (Å²) >= 11 is 0. The molecule has 0 aliphatic carbocycles. The molecular weight excluding hydrogens is 220 g/mol. The maximum atomic E-state index is 3.82. The topological polar surface area (TPSA) is 15.3 Å². The van der Waals surface area contributed by atoms with Gasteiger partial charge in [0, 0.05) is 25.7 Å². The molecule has 0 aromatic carbocycles. The van der Waals surface area contributed by atoms with E-state index in [0.717, 1.165) is 6.54 Å². The fraction of sp³-hybridized carbons (Fsp3) is 1.00. The molecule has 0 aromatic heterocycles. The second-order valence-corrected chi connectivity index (χ2v) is 8.07. The molecule has 2 unspecified atom stereocenters. The Hall–Kier alpha value is -0.0800. The molecule has 0 aromatic rings. The van der Waals surface area contributed by atoms with Gasteiger partial charge in [0.2, 0.25) is 0 Å². The monoisotopic (exact) mass is 254 g/mol. The molecule has 1 aliphatic heterocycles. The van der Waals surface area contributed by atoms with Crippen LogP contribution in [0.15, 0.2) is 0 Å². The van der Waals surface area contributed by atoms with Crippen molar-refractivity contribution in [3.63, 3.8) is 0 Å². The molecule has 0 radical (unpaired) electrons. The van der Waals surface area contributed by atoms with E-state index in [1.165, 1.54) is 26.1 Å². The minimum Gasteiger partial charge on any atom is -0.312 e. The summed E-state index contributed by atoms with van der Waals surface area (Å²) in [5.74, 6) is 0.714. The maximum absolute atomic E-state index is 3.82. The van der Waals surface area contributed by atoms with Crippen molar-refractivity contribution in [2.24, 2.45) is 16.7 Å². The predicted octanol–water partition coefficient (Wildman–Crippen LogP) is 3.38. The minimum absolute atomic E-state index is 0.334. The maximum Gasteiger partial charge on any atom is 0.0162 e. The molecular formula is C16H34N2. The van der Waals surface area contributed by atoms with Crippen LogP contribution in [0.3, 0.4) is 0 Å². The van der Waals surface area contributed by atoms with E-state index in [-0.39, 0.29) is 0 Å². The van der Waals surface area contributed by atoms with Crippen LogP contribution in [0, 0.1) is 16.7 Å². The van der Waals surface area contributed by atoms with E-state index in [9.17, 15) is 0 Å². The van der Waals surface area contributed by atoms with Gasteiger partial charge in [-0.05, 0) is 29.7 Å². The lowest BCUT2D eigenvalue weighted by Crippen LogP contribution is -2.51. The average molecular weight is 254 g/mol. The molecule has 0 saturated carbocycles. The normalized spacial score (nSPS) is 28.2. The van der Waals surface area contributed by atoms with Gasteiger partial charge in [-0.3, -0.25) is 0 Å². The Morgan fingerprint density at radius 2 is 1.67 bits per heavy atom. The summed E-state index contributed by atoms with van der Waals surface area (Å²) in [6.45, 7) is 21.4. The molecule has 0 amide bonds. The third-order valence-corrected chi connectivity index (χ3v) is 4.23. The highest BCUT2D eigenvalue weighted by Crippen LogP contribution is 2.37. The van der Waals surface area contributed by atoms with Gasteiger partial charge in [0.25, 0.3) is 0 Å². The smallest absolute Gasteiger partial charge is 0.0162 e. The largest absolute Gasteiger partial charge is 0.312 e. The Balaban J connectivity index is 2.90. The number of nitrogens with zero attached hydrogens (tertiary/aromatic N) is 1. The standard InChI is InChI=1S/C16H34N2/c1-8-10-18-11-9-17-14(16(5,6)7)13(12-18)15(2,3)4/h13-14,17H,8-12H2,1-7H3. The number of nitrogens with one attached hydrogen (secondary N) is 1. The van der Waals surface area contributed by atoms with Crippen LogP contribution in [0.1, 0.15) is 54.9 Å². The summed E-state index contributed by atoms with van der Waals surface area (Å²) in [7, 11) is 0. The van der Waals surface area contributed by atoms with Crippen LogP contribution in [0.5, 0.6) is 0 Å². The predicted molar refractivity (Wildman–Crippen MR) is 80.9 cm³/mol. The lowest BCUT2D eigenvalue weighted by atomic mass is 9.68. The van der Waals surface area contributed by atoms with Gasteiger partial charge in [0.1, 0.15) is 0 Å². The summed E-state index contributed by atoms with van der Waals surface area (Å²) in [4.78, 5) is 2.65. The van der Waals surface area contributed by atoms with Crippen molar-refractivity contribution >= 4 is 0 Å². The van der Waals surface area contributed by atoms with Crippen molar-refractivity contribution in [3.8, 4) is 0 Å². The Morgan fingerprint density at radius 1 is 1.06 bits per heavy atom. The average Bonchev–Trinajstić information content (AvgIpc) is 2.39. The fourth-order valence-electron chi connectivity index (χ4n) is 3.20. The minimum atomic E-state index is 0.334. The molecule has 1 saturated heterocycles. The number of hydrogen-bond donors (Lipinski definition) is 1. The van der Waals surface area contributed by atoms with Gasteiger partial charge in [-0.2, -0.15) is 0 Å². The van der Waals surface area contributed by atoms with Crippen LogP contribution in [0.2, 0.25) is 0 Å². The van der Waals surface area contributed by atoms with E-state index in [0.29, 0.717) is 22.8 Å². The third kappa shape index (κ3) is 4.24. The number of hydrogen-bond acceptors (Lipinski definition) is 2. The highest BCUT2D eigenvalue weighted by atomic mass is 15.2. The zero-order valence-electron chi connectivity index (χ0n) is 13.6. The molecule has 1 fully saturated rings. The van der Waals surface area contributed by atoms with Gasteiger partial charge in [-0.1, -0.05) is 48.5 Å². The van der Waals surface area contributed by atoms with Gasteiger partial charge in [0.05, 0.1) is 0 Å². The molecule has 1 N–H and O–H groups in total. The summed E-state index contributed by atoms with van der Waals surface area (Å²) < 4.78 is 0. The highest BCUT2D eigenvalue weighted by Gasteiger charge is 2.40. The van der Waals surface area contributed by atoms with Crippen LogP contribution in [-0.4, -0.2) is 37.1 Å². The van der Waals surface area contributed by atoms with E-state index in [2.05, 4.69) is 58.7 Å². The van der Waals surface area contributed by atoms with Gasteiger partial charge < -0.3 is 10.2 Å². The van der Waals surface area contributed by atoms with Crippen molar-refractivity contribution in [2.75, 3.05) is 26.2 Å². The number of rotatable bonds is 2. The lowest BCUT2D eigenvalue weighted by Gasteiger charge is -2.44. The van der Waals surface area contributed by atoms with E-state index >= 15 is 0 Å².